The minimum Gasteiger partial charge on any atom is -0.481 e. The zero-order valence-corrected chi connectivity index (χ0v) is 18.2. The fourth-order valence-corrected chi connectivity index (χ4v) is 3.15. The van der Waals surface area contributed by atoms with Crippen LogP contribution in [-0.4, -0.2) is 49.6 Å². The number of carbonyl (C=O) groups excluding carboxylic acids is 1. The summed E-state index contributed by atoms with van der Waals surface area (Å²) in [7, 11) is 0. The van der Waals surface area contributed by atoms with Gasteiger partial charge in [0.25, 0.3) is 0 Å². The van der Waals surface area contributed by atoms with Gasteiger partial charge in [0.1, 0.15) is 6.61 Å². The summed E-state index contributed by atoms with van der Waals surface area (Å²) in [5.74, 6) is -0.394. The summed E-state index contributed by atoms with van der Waals surface area (Å²) in [4.78, 5) is 21.9. The normalized spacial score (nSPS) is 13.2. The summed E-state index contributed by atoms with van der Waals surface area (Å²) in [6, 6.07) is 0. The third-order valence-corrected chi connectivity index (χ3v) is 4.84. The summed E-state index contributed by atoms with van der Waals surface area (Å²) in [5.41, 5.74) is 0. The van der Waals surface area contributed by atoms with E-state index in [2.05, 4.69) is 20.8 Å². The molecule has 2 atom stereocenters. The molecule has 0 aromatic carbocycles. The van der Waals surface area contributed by atoms with Crippen LogP contribution in [0.2, 0.25) is 0 Å². The van der Waals surface area contributed by atoms with Crippen LogP contribution in [0.4, 0.5) is 0 Å². The highest BCUT2D eigenvalue weighted by molar-refractivity contribution is 5.69. The first-order chi connectivity index (χ1) is 13.5. The maximum Gasteiger partial charge on any atom is 0.305 e. The second kappa shape index (κ2) is 19.2. The molecule has 28 heavy (non-hydrogen) atoms. The summed E-state index contributed by atoms with van der Waals surface area (Å²) >= 11 is 0. The Balaban J connectivity index is 3.73. The third kappa shape index (κ3) is 17.0. The average Bonchev–Trinajstić information content (AvgIpc) is 2.67. The predicted molar refractivity (Wildman–Crippen MR) is 110 cm³/mol. The maximum absolute atomic E-state index is 11.5. The van der Waals surface area contributed by atoms with Gasteiger partial charge in [-0.1, -0.05) is 52.9 Å². The van der Waals surface area contributed by atoms with Crippen molar-refractivity contribution < 1.29 is 28.9 Å². The largest absolute Gasteiger partial charge is 0.481 e. The smallest absolute Gasteiger partial charge is 0.305 e. The highest BCUT2D eigenvalue weighted by atomic mass is 16.6. The Morgan fingerprint density at radius 2 is 1.57 bits per heavy atom. The molecule has 0 aromatic rings. The van der Waals surface area contributed by atoms with E-state index >= 15 is 0 Å². The van der Waals surface area contributed by atoms with Gasteiger partial charge in [0.15, 0.2) is 0 Å². The third-order valence-electron chi connectivity index (χ3n) is 4.84. The summed E-state index contributed by atoms with van der Waals surface area (Å²) < 4.78 is 16.6. The molecule has 166 valence electrons. The van der Waals surface area contributed by atoms with Crippen molar-refractivity contribution in [2.45, 2.75) is 97.5 Å². The molecule has 0 aliphatic heterocycles. The standard InChI is InChI=1S/C22H42O6/c1-4-7-11-19(6-3)18-20(10-5-2)27-16-14-26-15-17-28-22(25)13-9-8-12-21(23)24/h19-20H,4-18H2,1-3H3,(H,23,24). The van der Waals surface area contributed by atoms with Crippen LogP contribution in [-0.2, 0) is 23.8 Å². The van der Waals surface area contributed by atoms with Gasteiger partial charge in [-0.2, -0.15) is 0 Å². The zero-order chi connectivity index (χ0) is 21.0. The molecule has 6 heteroatoms. The summed E-state index contributed by atoms with van der Waals surface area (Å²) in [6.45, 7) is 8.35. The molecular weight excluding hydrogens is 360 g/mol. The van der Waals surface area contributed by atoms with Gasteiger partial charge in [0.2, 0.25) is 0 Å². The summed E-state index contributed by atoms with van der Waals surface area (Å²) in [6.07, 6.45) is 10.1. The van der Waals surface area contributed by atoms with E-state index in [1.165, 1.54) is 25.7 Å². The molecule has 0 amide bonds. The molecule has 0 spiro atoms. The minimum absolute atomic E-state index is 0.0903. The van der Waals surface area contributed by atoms with Crippen molar-refractivity contribution in [3.8, 4) is 0 Å². The number of carboxylic acids is 1. The van der Waals surface area contributed by atoms with Crippen LogP contribution in [0.3, 0.4) is 0 Å². The van der Waals surface area contributed by atoms with E-state index in [1.807, 2.05) is 0 Å². The van der Waals surface area contributed by atoms with Crippen molar-refractivity contribution in [2.24, 2.45) is 5.92 Å². The van der Waals surface area contributed by atoms with Crippen LogP contribution in [0.1, 0.15) is 91.4 Å². The first-order valence-corrected chi connectivity index (χ1v) is 11.1. The molecular formula is C22H42O6. The second-order valence-corrected chi connectivity index (χ2v) is 7.37. The molecule has 0 fully saturated rings. The van der Waals surface area contributed by atoms with Gasteiger partial charge in [-0.3, -0.25) is 9.59 Å². The number of rotatable bonds is 20. The maximum atomic E-state index is 11.5. The predicted octanol–water partition coefficient (Wildman–Crippen LogP) is 4.98. The van der Waals surface area contributed by atoms with E-state index in [1.54, 1.807) is 0 Å². The zero-order valence-electron chi connectivity index (χ0n) is 18.2. The van der Waals surface area contributed by atoms with Crippen molar-refractivity contribution in [3.63, 3.8) is 0 Å². The van der Waals surface area contributed by atoms with E-state index < -0.39 is 5.97 Å². The first-order valence-electron chi connectivity index (χ1n) is 11.1. The lowest BCUT2D eigenvalue weighted by atomic mass is 9.92. The Morgan fingerprint density at radius 3 is 2.21 bits per heavy atom. The lowest BCUT2D eigenvalue weighted by Crippen LogP contribution is -2.20. The van der Waals surface area contributed by atoms with Crippen LogP contribution in [0, 0.1) is 5.92 Å². The molecule has 0 radical (unpaired) electrons. The highest BCUT2D eigenvalue weighted by Gasteiger charge is 2.15. The van der Waals surface area contributed by atoms with Gasteiger partial charge in [0, 0.05) is 12.8 Å². The molecule has 0 aromatic heterocycles. The molecule has 0 aliphatic rings. The van der Waals surface area contributed by atoms with Crippen molar-refractivity contribution in [1.29, 1.82) is 0 Å². The minimum atomic E-state index is -0.837. The van der Waals surface area contributed by atoms with Crippen molar-refractivity contribution in [2.75, 3.05) is 26.4 Å². The van der Waals surface area contributed by atoms with E-state index in [-0.39, 0.29) is 25.4 Å². The van der Waals surface area contributed by atoms with Gasteiger partial charge in [-0.25, -0.2) is 0 Å². The Morgan fingerprint density at radius 1 is 0.857 bits per heavy atom. The molecule has 0 heterocycles. The molecule has 6 nitrogen and oxygen atoms in total. The molecule has 1 N–H and O–H groups in total. The van der Waals surface area contributed by atoms with Crippen LogP contribution in [0.25, 0.3) is 0 Å². The number of hydrogen-bond donors (Lipinski definition) is 1. The van der Waals surface area contributed by atoms with Crippen molar-refractivity contribution >= 4 is 11.9 Å². The molecule has 2 unspecified atom stereocenters. The topological polar surface area (TPSA) is 82.1 Å². The average molecular weight is 403 g/mol. The van der Waals surface area contributed by atoms with Crippen molar-refractivity contribution in [1.82, 2.24) is 0 Å². The first kappa shape index (κ1) is 26.9. The van der Waals surface area contributed by atoms with E-state index in [0.717, 1.165) is 25.2 Å². The number of ether oxygens (including phenoxy) is 3. The highest BCUT2D eigenvalue weighted by Crippen LogP contribution is 2.22. The Labute approximate surface area is 171 Å². The monoisotopic (exact) mass is 402 g/mol. The Kier molecular flexibility index (Phi) is 18.4. The molecule has 0 rings (SSSR count). The molecule has 0 bridgehead atoms. The van der Waals surface area contributed by atoms with Gasteiger partial charge in [-0.05, 0) is 31.6 Å². The summed E-state index contributed by atoms with van der Waals surface area (Å²) in [5, 5.41) is 8.53. The van der Waals surface area contributed by atoms with Crippen LogP contribution < -0.4 is 0 Å². The van der Waals surface area contributed by atoms with Crippen LogP contribution >= 0.6 is 0 Å². The lowest BCUT2D eigenvalue weighted by Gasteiger charge is -2.23. The number of esters is 1. The molecule has 0 aliphatic carbocycles. The van der Waals surface area contributed by atoms with Crippen molar-refractivity contribution in [3.05, 3.63) is 0 Å². The lowest BCUT2D eigenvalue weighted by molar-refractivity contribution is -0.146. The van der Waals surface area contributed by atoms with Gasteiger partial charge in [0.05, 0.1) is 25.9 Å². The Bertz CT molecular complexity index is 385. The van der Waals surface area contributed by atoms with E-state index in [9.17, 15) is 9.59 Å². The fraction of sp³-hybridized carbons (Fsp3) is 0.909. The quantitative estimate of drug-likeness (QED) is 0.228. The van der Waals surface area contributed by atoms with Gasteiger partial charge >= 0.3 is 11.9 Å². The number of carbonyl (C=O) groups is 2. The van der Waals surface area contributed by atoms with E-state index in [4.69, 9.17) is 19.3 Å². The van der Waals surface area contributed by atoms with Gasteiger partial charge in [-0.15, -0.1) is 0 Å². The van der Waals surface area contributed by atoms with Crippen LogP contribution in [0.5, 0.6) is 0 Å². The Hall–Kier alpha value is -1.14. The van der Waals surface area contributed by atoms with Gasteiger partial charge < -0.3 is 19.3 Å². The number of hydrogen-bond acceptors (Lipinski definition) is 5. The number of aliphatic carboxylic acids is 1. The SMILES string of the molecule is CCCCC(CC)CC(CCC)OCCOCCOC(=O)CCCCC(=O)O. The second-order valence-electron chi connectivity index (χ2n) is 7.37. The number of unbranched alkanes of at least 4 members (excludes halogenated alkanes) is 2. The fourth-order valence-electron chi connectivity index (χ4n) is 3.15. The number of carboxylic acid groups (broad SMARTS) is 1. The van der Waals surface area contributed by atoms with E-state index in [0.29, 0.717) is 38.8 Å². The molecule has 0 saturated heterocycles. The molecule has 0 saturated carbocycles. The van der Waals surface area contributed by atoms with Crippen LogP contribution in [0.15, 0.2) is 0 Å².